The number of ether oxygens (including phenoxy) is 2. The normalized spacial score (nSPS) is 20.9. The number of allylic oxidation sites excluding steroid dienone is 1. The fourth-order valence-electron chi connectivity index (χ4n) is 5.09. The number of aromatic nitrogens is 1. The van der Waals surface area contributed by atoms with Crippen LogP contribution >= 0.6 is 0 Å². The number of hydrogen-bond acceptors (Lipinski definition) is 6. The average molecular weight is 532 g/mol. The molecule has 38 heavy (non-hydrogen) atoms. The summed E-state index contributed by atoms with van der Waals surface area (Å²) in [4.78, 5) is 44.7. The Labute approximate surface area is 217 Å². The molecule has 0 radical (unpaired) electrons. The highest BCUT2D eigenvalue weighted by molar-refractivity contribution is 6.14. The van der Waals surface area contributed by atoms with Crippen molar-refractivity contribution in [1.29, 1.82) is 0 Å². The van der Waals surface area contributed by atoms with Crippen molar-refractivity contribution in [3.63, 3.8) is 0 Å². The summed E-state index contributed by atoms with van der Waals surface area (Å²) in [7, 11) is 2.94. The Kier molecular flexibility index (Phi) is 6.98. The van der Waals surface area contributed by atoms with Gasteiger partial charge in [-0.15, -0.1) is 0 Å². The Balaban J connectivity index is 1.77. The number of alkyl halides is 3. The van der Waals surface area contributed by atoms with E-state index in [1.54, 1.807) is 32.0 Å². The second-order valence-electron chi connectivity index (χ2n) is 10.1. The first-order valence-corrected chi connectivity index (χ1v) is 11.9. The van der Waals surface area contributed by atoms with Gasteiger partial charge in [-0.1, -0.05) is 19.9 Å². The number of halogens is 3. The van der Waals surface area contributed by atoms with Crippen LogP contribution in [0.1, 0.15) is 42.6 Å². The molecule has 0 saturated heterocycles. The van der Waals surface area contributed by atoms with Crippen LogP contribution in [0.3, 0.4) is 0 Å². The van der Waals surface area contributed by atoms with Crippen molar-refractivity contribution in [2.24, 2.45) is 5.41 Å². The van der Waals surface area contributed by atoms with E-state index >= 15 is 0 Å². The zero-order chi connectivity index (χ0) is 27.9. The number of amides is 2. The van der Waals surface area contributed by atoms with Crippen LogP contribution < -0.4 is 14.8 Å². The summed E-state index contributed by atoms with van der Waals surface area (Å²) in [5.41, 5.74) is -4.31. The second-order valence-corrected chi connectivity index (χ2v) is 10.1. The molecular weight excluding hydrogens is 503 g/mol. The molecule has 2 amide bonds. The van der Waals surface area contributed by atoms with Crippen molar-refractivity contribution in [2.45, 2.75) is 44.8 Å². The Morgan fingerprint density at radius 1 is 1.05 bits per heavy atom. The van der Waals surface area contributed by atoms with E-state index in [0.717, 1.165) is 4.90 Å². The van der Waals surface area contributed by atoms with E-state index in [4.69, 9.17) is 9.47 Å². The molecule has 1 aromatic heterocycles. The molecule has 1 aliphatic heterocycles. The number of benzene rings is 1. The van der Waals surface area contributed by atoms with E-state index in [0.29, 0.717) is 17.1 Å². The first-order chi connectivity index (χ1) is 17.8. The summed E-state index contributed by atoms with van der Waals surface area (Å²) in [6.45, 7) is 3.38. The lowest BCUT2D eigenvalue weighted by Crippen LogP contribution is -2.66. The van der Waals surface area contributed by atoms with Crippen LogP contribution in [0, 0.1) is 5.41 Å². The Morgan fingerprint density at radius 3 is 2.32 bits per heavy atom. The van der Waals surface area contributed by atoms with Crippen molar-refractivity contribution >= 4 is 17.6 Å². The highest BCUT2D eigenvalue weighted by Gasteiger charge is 2.71. The molecule has 0 fully saturated rings. The van der Waals surface area contributed by atoms with Gasteiger partial charge in [0, 0.05) is 36.6 Å². The third kappa shape index (κ3) is 4.61. The van der Waals surface area contributed by atoms with Crippen molar-refractivity contribution < 1.29 is 37.0 Å². The molecule has 1 aromatic carbocycles. The van der Waals surface area contributed by atoms with Gasteiger partial charge in [-0.05, 0) is 48.1 Å². The van der Waals surface area contributed by atoms with Gasteiger partial charge in [0.25, 0.3) is 11.8 Å². The van der Waals surface area contributed by atoms with Crippen molar-refractivity contribution in [2.75, 3.05) is 20.8 Å². The summed E-state index contributed by atoms with van der Waals surface area (Å²) >= 11 is 0. The third-order valence-corrected chi connectivity index (χ3v) is 6.86. The van der Waals surface area contributed by atoms with E-state index in [2.05, 4.69) is 4.98 Å². The maximum absolute atomic E-state index is 14.9. The van der Waals surface area contributed by atoms with Gasteiger partial charge >= 0.3 is 6.18 Å². The predicted octanol–water partition coefficient (Wildman–Crippen LogP) is 3.86. The van der Waals surface area contributed by atoms with Crippen molar-refractivity contribution in [3.05, 3.63) is 65.1 Å². The summed E-state index contributed by atoms with van der Waals surface area (Å²) in [5, 5.41) is 1.92. The number of Topliss-reactive ketones (excluding diaryl/α,β-unsaturated/α-hetero) is 1. The van der Waals surface area contributed by atoms with E-state index in [1.807, 2.05) is 5.32 Å². The Bertz CT molecular complexity index is 1310. The molecule has 4 rings (SSSR count). The summed E-state index contributed by atoms with van der Waals surface area (Å²) < 4.78 is 55.2. The summed E-state index contributed by atoms with van der Waals surface area (Å²) in [5.74, 6) is -2.44. The molecule has 0 saturated carbocycles. The Hall–Kier alpha value is -3.89. The highest BCUT2D eigenvalue weighted by Crippen LogP contribution is 2.51. The molecule has 0 spiro atoms. The fraction of sp³-hybridized carbons (Fsp3) is 0.407. The van der Waals surface area contributed by atoms with Gasteiger partial charge in [-0.2, -0.15) is 13.2 Å². The molecule has 2 aromatic rings. The molecule has 1 aliphatic carbocycles. The van der Waals surface area contributed by atoms with Crippen LogP contribution in [0.5, 0.6) is 11.5 Å². The quantitative estimate of drug-likeness (QED) is 0.583. The maximum atomic E-state index is 14.9. The number of ketones is 1. The van der Waals surface area contributed by atoms with E-state index in [-0.39, 0.29) is 37.1 Å². The summed E-state index contributed by atoms with van der Waals surface area (Å²) in [6, 6.07) is 7.51. The number of hydrogen-bond donors (Lipinski definition) is 1. The largest absolute Gasteiger partial charge is 0.493 e. The summed E-state index contributed by atoms with van der Waals surface area (Å²) in [6.07, 6.45) is -2.73. The number of nitrogens with one attached hydrogen (secondary N) is 1. The van der Waals surface area contributed by atoms with Crippen LogP contribution in [0.2, 0.25) is 0 Å². The van der Waals surface area contributed by atoms with Crippen molar-refractivity contribution in [3.8, 4) is 11.5 Å². The smallest absolute Gasteiger partial charge is 0.425 e. The SMILES string of the molecule is COc1ccc(CCN2C(=O)[C@](NC(=O)c3ccncc3)(C(F)(F)F)C3=C2CC(C)(C)CC3=O)cc1OC. The molecule has 202 valence electrons. The van der Waals surface area contributed by atoms with Gasteiger partial charge in [0.2, 0.25) is 5.54 Å². The fourth-order valence-corrected chi connectivity index (χ4v) is 5.09. The minimum atomic E-state index is -5.28. The first-order valence-electron chi connectivity index (χ1n) is 11.9. The van der Waals surface area contributed by atoms with Crippen LogP contribution in [0.4, 0.5) is 13.2 Å². The minimum Gasteiger partial charge on any atom is -0.493 e. The standard InChI is InChI=1S/C27H28F3N3O5/c1-25(2)14-18-22(19(34)15-25)26(27(28,29)30,32-23(35)17-7-10-31-11-8-17)24(36)33(18)12-9-16-5-6-20(37-3)21(13-16)38-4/h5-8,10-11,13H,9,12,14-15H2,1-4H3,(H,32,35)/t26-/m0/s1. The number of methoxy groups -OCH3 is 2. The van der Waals surface area contributed by atoms with E-state index in [9.17, 15) is 27.6 Å². The van der Waals surface area contributed by atoms with Gasteiger partial charge < -0.3 is 19.7 Å². The van der Waals surface area contributed by atoms with Gasteiger partial charge in [0.15, 0.2) is 17.3 Å². The number of pyridine rings is 1. The molecule has 8 nitrogen and oxygen atoms in total. The molecule has 2 heterocycles. The number of nitrogens with zero attached hydrogens (tertiary/aromatic N) is 2. The van der Waals surface area contributed by atoms with Gasteiger partial charge in [-0.3, -0.25) is 19.4 Å². The van der Waals surface area contributed by atoms with Gasteiger partial charge in [0.05, 0.1) is 19.8 Å². The maximum Gasteiger partial charge on any atom is 0.425 e. The predicted molar refractivity (Wildman–Crippen MR) is 131 cm³/mol. The molecule has 1 N–H and O–H groups in total. The average Bonchev–Trinajstić information content (AvgIpc) is 3.09. The Morgan fingerprint density at radius 2 is 1.71 bits per heavy atom. The second kappa shape index (κ2) is 9.77. The van der Waals surface area contributed by atoms with E-state index in [1.165, 1.54) is 38.7 Å². The monoisotopic (exact) mass is 531 g/mol. The molecule has 1 atom stereocenters. The molecule has 2 aliphatic rings. The van der Waals surface area contributed by atoms with Crippen LogP contribution in [-0.4, -0.2) is 60.0 Å². The van der Waals surface area contributed by atoms with Crippen LogP contribution in [-0.2, 0) is 16.0 Å². The number of carbonyl (C=O) groups excluding carboxylic acids is 3. The van der Waals surface area contributed by atoms with Gasteiger partial charge in [0.1, 0.15) is 0 Å². The third-order valence-electron chi connectivity index (χ3n) is 6.86. The first kappa shape index (κ1) is 27.2. The lowest BCUT2D eigenvalue weighted by molar-refractivity contribution is -0.190. The highest BCUT2D eigenvalue weighted by atomic mass is 19.4. The zero-order valence-corrected chi connectivity index (χ0v) is 21.4. The molecule has 0 unspecified atom stereocenters. The molecule has 11 heteroatoms. The zero-order valence-electron chi connectivity index (χ0n) is 21.4. The molecule has 0 bridgehead atoms. The van der Waals surface area contributed by atoms with Gasteiger partial charge in [-0.25, -0.2) is 0 Å². The lowest BCUT2D eigenvalue weighted by Gasteiger charge is -2.35. The topological polar surface area (TPSA) is 97.8 Å². The number of rotatable bonds is 7. The van der Waals surface area contributed by atoms with Crippen LogP contribution in [0.25, 0.3) is 0 Å². The number of carbonyl (C=O) groups is 3. The van der Waals surface area contributed by atoms with E-state index < -0.39 is 40.3 Å². The van der Waals surface area contributed by atoms with Crippen molar-refractivity contribution in [1.82, 2.24) is 15.2 Å². The van der Waals surface area contributed by atoms with Crippen LogP contribution in [0.15, 0.2) is 54.0 Å². The molecular formula is C27H28F3N3O5. The minimum absolute atomic E-state index is 0.0101. The lowest BCUT2D eigenvalue weighted by atomic mass is 9.72.